The summed E-state index contributed by atoms with van der Waals surface area (Å²) in [5.74, 6) is 1.57. The number of likely N-dealkylation sites (tertiary alicyclic amines) is 1. The number of aromatic nitrogens is 2. The third-order valence-electron chi connectivity index (χ3n) is 5.75. The summed E-state index contributed by atoms with van der Waals surface area (Å²) in [6.07, 6.45) is 9.19. The Balaban J connectivity index is 1.26. The highest BCUT2D eigenvalue weighted by atomic mass is 16.6. The zero-order valence-electron chi connectivity index (χ0n) is 17.3. The molecule has 3 heterocycles. The van der Waals surface area contributed by atoms with Gasteiger partial charge in [-0.1, -0.05) is 36.4 Å². The van der Waals surface area contributed by atoms with Crippen LogP contribution in [0.4, 0.5) is 0 Å². The van der Waals surface area contributed by atoms with Gasteiger partial charge in [-0.2, -0.15) is 5.10 Å². The van der Waals surface area contributed by atoms with Crippen molar-refractivity contribution in [3.63, 3.8) is 0 Å². The van der Waals surface area contributed by atoms with E-state index in [9.17, 15) is 4.79 Å². The molecule has 1 aromatic heterocycles. The van der Waals surface area contributed by atoms with Gasteiger partial charge in [0.25, 0.3) is 0 Å². The lowest BCUT2D eigenvalue weighted by atomic mass is 10.0. The van der Waals surface area contributed by atoms with Crippen molar-refractivity contribution < 1.29 is 14.3 Å². The smallest absolute Gasteiger partial charge is 0.247 e. The predicted molar refractivity (Wildman–Crippen MR) is 118 cm³/mol. The molecule has 0 N–H and O–H groups in total. The lowest BCUT2D eigenvalue weighted by molar-refractivity contribution is -0.126. The normalized spacial score (nSPS) is 17.9. The Morgan fingerprint density at radius 1 is 1.10 bits per heavy atom. The van der Waals surface area contributed by atoms with E-state index in [-0.39, 0.29) is 11.9 Å². The fourth-order valence-corrected chi connectivity index (χ4v) is 4.23. The highest BCUT2D eigenvalue weighted by Gasteiger charge is 2.29. The summed E-state index contributed by atoms with van der Waals surface area (Å²) in [5, 5.41) is 4.41. The summed E-state index contributed by atoms with van der Waals surface area (Å²) >= 11 is 0. The number of hydrogen-bond donors (Lipinski definition) is 0. The summed E-state index contributed by atoms with van der Waals surface area (Å²) in [4.78, 5) is 14.9. The van der Waals surface area contributed by atoms with Crippen LogP contribution in [0.15, 0.2) is 67.0 Å². The van der Waals surface area contributed by atoms with E-state index < -0.39 is 0 Å². The number of hydrogen-bond acceptors (Lipinski definition) is 4. The monoisotopic (exact) mass is 415 g/mol. The molecular weight excluding hydrogens is 390 g/mol. The van der Waals surface area contributed by atoms with Gasteiger partial charge in [0.1, 0.15) is 13.2 Å². The van der Waals surface area contributed by atoms with Gasteiger partial charge < -0.3 is 14.4 Å². The molecule has 158 valence electrons. The van der Waals surface area contributed by atoms with E-state index in [0.29, 0.717) is 19.8 Å². The molecule has 5 rings (SSSR count). The maximum absolute atomic E-state index is 12.9. The molecule has 6 nitrogen and oxygen atoms in total. The van der Waals surface area contributed by atoms with Crippen LogP contribution >= 0.6 is 0 Å². The van der Waals surface area contributed by atoms with Crippen LogP contribution in [-0.4, -0.2) is 40.3 Å². The van der Waals surface area contributed by atoms with E-state index in [1.165, 1.54) is 5.56 Å². The molecule has 0 spiro atoms. The average Bonchev–Trinajstić information content (AvgIpc) is 3.48. The Morgan fingerprint density at radius 3 is 2.81 bits per heavy atom. The van der Waals surface area contributed by atoms with E-state index in [1.807, 2.05) is 58.3 Å². The van der Waals surface area contributed by atoms with Gasteiger partial charge in [-0.3, -0.25) is 9.48 Å². The quantitative estimate of drug-likeness (QED) is 0.589. The molecule has 3 aromatic rings. The zero-order valence-corrected chi connectivity index (χ0v) is 17.3. The van der Waals surface area contributed by atoms with Crippen molar-refractivity contribution >= 4 is 12.0 Å². The average molecular weight is 415 g/mol. The van der Waals surface area contributed by atoms with E-state index in [4.69, 9.17) is 9.47 Å². The Hall–Kier alpha value is -3.54. The number of ether oxygens (including phenoxy) is 2. The first-order valence-electron chi connectivity index (χ1n) is 10.7. The van der Waals surface area contributed by atoms with Crippen LogP contribution in [0.25, 0.3) is 6.08 Å². The van der Waals surface area contributed by atoms with Crippen LogP contribution in [0, 0.1) is 0 Å². The molecule has 1 amide bonds. The van der Waals surface area contributed by atoms with Gasteiger partial charge >= 0.3 is 0 Å². The molecule has 0 bridgehead atoms. The molecule has 1 saturated heterocycles. The summed E-state index contributed by atoms with van der Waals surface area (Å²) in [6.45, 7) is 2.61. The fourth-order valence-electron chi connectivity index (χ4n) is 4.23. The van der Waals surface area contributed by atoms with Crippen LogP contribution in [0.2, 0.25) is 0 Å². The van der Waals surface area contributed by atoms with Crippen molar-refractivity contribution in [3.05, 3.63) is 83.7 Å². The predicted octanol–water partition coefficient (Wildman–Crippen LogP) is 4.08. The maximum atomic E-state index is 12.9. The van der Waals surface area contributed by atoms with Gasteiger partial charge in [0, 0.05) is 24.4 Å². The first-order valence-corrected chi connectivity index (χ1v) is 10.7. The van der Waals surface area contributed by atoms with E-state index in [1.54, 1.807) is 12.3 Å². The second-order valence-corrected chi connectivity index (χ2v) is 7.88. The first kappa shape index (κ1) is 19.4. The zero-order chi connectivity index (χ0) is 21.0. The molecule has 1 unspecified atom stereocenters. The summed E-state index contributed by atoms with van der Waals surface area (Å²) in [7, 11) is 0. The second-order valence-electron chi connectivity index (χ2n) is 7.88. The Labute approximate surface area is 181 Å². The largest absolute Gasteiger partial charge is 0.486 e. The molecule has 2 aliphatic rings. The molecule has 0 radical (unpaired) electrons. The SMILES string of the molecule is O=C(C=Cc1cnn(Cc2ccccc2)c1)N1CCCC1c1ccc2c(c1)OCCO2. The number of rotatable bonds is 5. The molecular formula is C25H25N3O3. The summed E-state index contributed by atoms with van der Waals surface area (Å²) in [6, 6.07) is 16.3. The number of fused-ring (bicyclic) bond motifs is 1. The Bertz CT molecular complexity index is 1090. The number of nitrogens with zero attached hydrogens (tertiary/aromatic N) is 3. The second kappa shape index (κ2) is 8.68. The van der Waals surface area contributed by atoms with E-state index in [2.05, 4.69) is 17.2 Å². The Kier molecular flexibility index (Phi) is 5.44. The topological polar surface area (TPSA) is 56.6 Å². The van der Waals surface area contributed by atoms with Crippen molar-refractivity contribution in [1.29, 1.82) is 0 Å². The first-order chi connectivity index (χ1) is 15.3. The number of carbonyl (C=O) groups excluding carboxylic acids is 1. The van der Waals surface area contributed by atoms with E-state index >= 15 is 0 Å². The van der Waals surface area contributed by atoms with Gasteiger partial charge in [-0.25, -0.2) is 0 Å². The number of carbonyl (C=O) groups is 1. The van der Waals surface area contributed by atoms with Crippen molar-refractivity contribution in [2.24, 2.45) is 0 Å². The standard InChI is InChI=1S/C25H25N3O3/c29-25(11-8-20-16-26-27(18-20)17-19-5-2-1-3-6-19)28-12-4-7-22(28)21-9-10-23-24(15-21)31-14-13-30-23/h1-3,5-6,8-11,15-16,18,22H,4,7,12-14,17H2. The van der Waals surface area contributed by atoms with Crippen molar-refractivity contribution in [1.82, 2.24) is 14.7 Å². The van der Waals surface area contributed by atoms with E-state index in [0.717, 1.165) is 42.0 Å². The lowest BCUT2D eigenvalue weighted by Gasteiger charge is -2.26. The fraction of sp³-hybridized carbons (Fsp3) is 0.280. The summed E-state index contributed by atoms with van der Waals surface area (Å²) in [5.41, 5.74) is 3.20. The van der Waals surface area contributed by atoms with Crippen LogP contribution in [0.3, 0.4) is 0 Å². The third kappa shape index (κ3) is 4.33. The highest BCUT2D eigenvalue weighted by molar-refractivity contribution is 5.92. The van der Waals surface area contributed by atoms with Gasteiger partial charge in [-0.05, 0) is 42.2 Å². The molecule has 6 heteroatoms. The van der Waals surface area contributed by atoms with Crippen LogP contribution in [0.1, 0.15) is 35.6 Å². The van der Waals surface area contributed by atoms with Crippen molar-refractivity contribution in [2.75, 3.05) is 19.8 Å². The van der Waals surface area contributed by atoms with Crippen molar-refractivity contribution in [2.45, 2.75) is 25.4 Å². The molecule has 2 aromatic carbocycles. The van der Waals surface area contributed by atoms with Crippen LogP contribution in [0.5, 0.6) is 11.5 Å². The van der Waals surface area contributed by atoms with Crippen molar-refractivity contribution in [3.8, 4) is 11.5 Å². The van der Waals surface area contributed by atoms with Gasteiger partial charge in [-0.15, -0.1) is 0 Å². The molecule has 2 aliphatic heterocycles. The molecule has 0 aliphatic carbocycles. The number of amides is 1. The maximum Gasteiger partial charge on any atom is 0.247 e. The van der Waals surface area contributed by atoms with Gasteiger partial charge in [0.2, 0.25) is 5.91 Å². The minimum absolute atomic E-state index is 0.0215. The third-order valence-corrected chi connectivity index (χ3v) is 5.75. The van der Waals surface area contributed by atoms with Crippen LogP contribution < -0.4 is 9.47 Å². The number of benzene rings is 2. The Morgan fingerprint density at radius 2 is 1.94 bits per heavy atom. The minimum Gasteiger partial charge on any atom is -0.486 e. The van der Waals surface area contributed by atoms with Gasteiger partial charge in [0.15, 0.2) is 11.5 Å². The molecule has 1 fully saturated rings. The molecule has 1 atom stereocenters. The highest BCUT2D eigenvalue weighted by Crippen LogP contribution is 2.38. The molecule has 31 heavy (non-hydrogen) atoms. The van der Waals surface area contributed by atoms with Crippen LogP contribution in [-0.2, 0) is 11.3 Å². The minimum atomic E-state index is 0.0215. The lowest BCUT2D eigenvalue weighted by Crippen LogP contribution is -2.29. The van der Waals surface area contributed by atoms with Gasteiger partial charge in [0.05, 0.1) is 18.8 Å². The summed E-state index contributed by atoms with van der Waals surface area (Å²) < 4.78 is 13.2. The molecule has 0 saturated carbocycles.